The average Bonchev–Trinajstić information content (AvgIpc) is 3.39. The smallest absolute Gasteiger partial charge is 0.224 e. The van der Waals surface area contributed by atoms with Gasteiger partial charge in [0.05, 0.1) is 28.0 Å². The highest BCUT2D eigenvalue weighted by atomic mass is 35.5. The summed E-state index contributed by atoms with van der Waals surface area (Å²) in [4.78, 5) is 25.9. The Morgan fingerprint density at radius 1 is 1.19 bits per heavy atom. The summed E-state index contributed by atoms with van der Waals surface area (Å²) in [6.45, 7) is 1.90. The van der Waals surface area contributed by atoms with Crippen molar-refractivity contribution in [3.63, 3.8) is 0 Å². The third-order valence-corrected chi connectivity index (χ3v) is 8.03. The lowest BCUT2D eigenvalue weighted by atomic mass is 9.73. The van der Waals surface area contributed by atoms with Crippen molar-refractivity contribution in [2.75, 3.05) is 10.6 Å². The maximum absolute atomic E-state index is 13.8. The van der Waals surface area contributed by atoms with E-state index in [-0.39, 0.29) is 34.1 Å². The first-order valence-corrected chi connectivity index (χ1v) is 12.8. The molecule has 0 radical (unpaired) electrons. The van der Waals surface area contributed by atoms with Crippen LogP contribution in [-0.4, -0.2) is 42.7 Å². The molecule has 0 spiro atoms. The average molecular weight is 536 g/mol. The lowest BCUT2D eigenvalue weighted by Crippen LogP contribution is -2.38. The van der Waals surface area contributed by atoms with Crippen LogP contribution in [0.5, 0.6) is 0 Å². The number of nitrogens with two attached hydrogens (primary N) is 1. The molecule has 2 aromatic heterocycles. The van der Waals surface area contributed by atoms with Crippen LogP contribution in [0, 0.1) is 11.2 Å². The van der Waals surface area contributed by atoms with Gasteiger partial charge in [0.25, 0.3) is 0 Å². The van der Waals surface area contributed by atoms with E-state index >= 15 is 0 Å². The molecular weight excluding hydrogens is 508 g/mol. The Labute approximate surface area is 217 Å². The number of aromatic nitrogens is 4. The van der Waals surface area contributed by atoms with E-state index in [9.17, 15) is 14.3 Å². The van der Waals surface area contributed by atoms with Gasteiger partial charge in [-0.2, -0.15) is 4.98 Å². The third-order valence-electron chi connectivity index (χ3n) is 7.43. The fourth-order valence-corrected chi connectivity index (χ4v) is 5.74. The summed E-state index contributed by atoms with van der Waals surface area (Å²) in [5, 5.41) is 16.6. The molecule has 12 heteroatoms. The summed E-state index contributed by atoms with van der Waals surface area (Å²) in [7, 11) is 0. The summed E-state index contributed by atoms with van der Waals surface area (Å²) in [6.07, 6.45) is 6.17. The summed E-state index contributed by atoms with van der Waals surface area (Å²) in [5.41, 5.74) is 6.61. The van der Waals surface area contributed by atoms with Crippen LogP contribution >= 0.6 is 23.2 Å². The van der Waals surface area contributed by atoms with Gasteiger partial charge >= 0.3 is 0 Å². The molecule has 3 aromatic rings. The Balaban J connectivity index is 1.53. The number of nitrogens with one attached hydrogen (secondary N) is 2. The molecule has 0 aliphatic heterocycles. The Morgan fingerprint density at radius 3 is 2.50 bits per heavy atom. The molecule has 2 atom stereocenters. The molecule has 2 fully saturated rings. The van der Waals surface area contributed by atoms with E-state index in [1.54, 1.807) is 6.20 Å². The second-order valence-corrected chi connectivity index (χ2v) is 10.9. The third kappa shape index (κ3) is 4.81. The molecule has 2 aliphatic carbocycles. The standard InChI is InChI=1S/C24H28Cl2FN7O2/c1-24(21(28)36)6-4-14(5-7-24)34-20-18(11-29-22(33-20)30-13-2-3-15(35)10-13)31-23(34)32-19-16(25)8-12(27)9-17(19)26/h8-9,11,13-15,35H,2-7,10H2,1H3,(H2,28,36)(H,31,32)(H,29,30,33)/t13?,14?,15-,24?/m1/s1. The quantitative estimate of drug-likeness (QED) is 0.351. The number of hydrogen-bond donors (Lipinski definition) is 4. The lowest BCUT2D eigenvalue weighted by Gasteiger charge is -2.35. The maximum Gasteiger partial charge on any atom is 0.224 e. The van der Waals surface area contributed by atoms with Crippen molar-refractivity contribution >= 4 is 57.9 Å². The normalized spacial score (nSPS) is 26.3. The second kappa shape index (κ2) is 9.64. The van der Waals surface area contributed by atoms with Gasteiger partial charge in [-0.3, -0.25) is 9.36 Å². The van der Waals surface area contributed by atoms with Gasteiger partial charge in [0.2, 0.25) is 17.8 Å². The first kappa shape index (κ1) is 25.0. The molecule has 192 valence electrons. The van der Waals surface area contributed by atoms with Gasteiger partial charge in [-0.25, -0.2) is 14.4 Å². The zero-order valence-electron chi connectivity index (χ0n) is 19.8. The number of primary amides is 1. The highest BCUT2D eigenvalue weighted by Crippen LogP contribution is 2.43. The molecule has 0 bridgehead atoms. The summed E-state index contributed by atoms with van der Waals surface area (Å²) in [5.74, 6) is 0.0497. The van der Waals surface area contributed by atoms with Crippen LogP contribution in [0.4, 0.5) is 22.0 Å². The molecule has 2 saturated carbocycles. The van der Waals surface area contributed by atoms with Crippen molar-refractivity contribution in [3.8, 4) is 0 Å². The topological polar surface area (TPSA) is 131 Å². The number of fused-ring (bicyclic) bond motifs is 1. The highest BCUT2D eigenvalue weighted by molar-refractivity contribution is 6.39. The van der Waals surface area contributed by atoms with Gasteiger partial charge in [0.15, 0.2) is 5.65 Å². The predicted molar refractivity (Wildman–Crippen MR) is 137 cm³/mol. The van der Waals surface area contributed by atoms with Crippen LogP contribution in [-0.2, 0) is 4.79 Å². The number of nitrogens with zero attached hydrogens (tertiary/aromatic N) is 4. The Bertz CT molecular complexity index is 1290. The molecule has 9 nitrogen and oxygen atoms in total. The molecule has 0 saturated heterocycles. The molecule has 5 rings (SSSR count). The van der Waals surface area contributed by atoms with Crippen molar-refractivity contribution in [1.82, 2.24) is 19.5 Å². The van der Waals surface area contributed by atoms with Crippen LogP contribution in [0.1, 0.15) is 57.9 Å². The minimum absolute atomic E-state index is 0.0287. The number of aliphatic hydroxyl groups excluding tert-OH is 1. The van der Waals surface area contributed by atoms with E-state index < -0.39 is 11.2 Å². The van der Waals surface area contributed by atoms with Gasteiger partial charge in [0, 0.05) is 17.5 Å². The SMILES string of the molecule is CC1(C(N)=O)CCC(n2c(Nc3c(Cl)cc(F)cc3Cl)nc3cnc(NC4CC[C@@H](O)C4)nc32)CC1. The molecule has 2 aliphatic rings. The second-order valence-electron chi connectivity index (χ2n) is 10.0. The predicted octanol–water partition coefficient (Wildman–Crippen LogP) is 4.95. The minimum Gasteiger partial charge on any atom is -0.393 e. The van der Waals surface area contributed by atoms with Crippen molar-refractivity contribution < 1.29 is 14.3 Å². The fraction of sp³-hybridized carbons (Fsp3) is 0.500. The highest BCUT2D eigenvalue weighted by Gasteiger charge is 2.38. The largest absolute Gasteiger partial charge is 0.393 e. The summed E-state index contributed by atoms with van der Waals surface area (Å²) in [6, 6.07) is 2.42. The van der Waals surface area contributed by atoms with E-state index in [1.807, 2.05) is 11.5 Å². The van der Waals surface area contributed by atoms with Crippen molar-refractivity contribution in [2.45, 2.75) is 70.1 Å². The Morgan fingerprint density at radius 2 is 1.89 bits per heavy atom. The number of imidazole rings is 1. The van der Waals surface area contributed by atoms with E-state index in [2.05, 4.69) is 15.6 Å². The van der Waals surface area contributed by atoms with Crippen LogP contribution in [0.25, 0.3) is 11.2 Å². The molecule has 5 N–H and O–H groups in total. The van der Waals surface area contributed by atoms with E-state index in [4.69, 9.17) is 38.9 Å². The number of anilines is 3. The first-order valence-electron chi connectivity index (χ1n) is 12.0. The number of benzene rings is 1. The summed E-state index contributed by atoms with van der Waals surface area (Å²) < 4.78 is 15.7. The molecule has 2 heterocycles. The molecule has 1 unspecified atom stereocenters. The van der Waals surface area contributed by atoms with Crippen molar-refractivity contribution in [3.05, 3.63) is 34.2 Å². The van der Waals surface area contributed by atoms with Crippen LogP contribution in [0.15, 0.2) is 18.3 Å². The Kier molecular flexibility index (Phi) is 6.69. The fourth-order valence-electron chi connectivity index (χ4n) is 5.18. The number of aliphatic hydroxyl groups is 1. The van der Waals surface area contributed by atoms with Crippen LogP contribution in [0.2, 0.25) is 10.0 Å². The number of carbonyl (C=O) groups excluding carboxylic acids is 1. The van der Waals surface area contributed by atoms with Gasteiger partial charge in [-0.15, -0.1) is 0 Å². The zero-order chi connectivity index (χ0) is 25.6. The zero-order valence-corrected chi connectivity index (χ0v) is 21.3. The minimum atomic E-state index is -0.560. The van der Waals surface area contributed by atoms with Gasteiger partial charge in [0.1, 0.15) is 11.3 Å². The van der Waals surface area contributed by atoms with Crippen LogP contribution < -0.4 is 16.4 Å². The summed E-state index contributed by atoms with van der Waals surface area (Å²) >= 11 is 12.6. The number of carbonyl (C=O) groups is 1. The number of amides is 1. The number of hydrogen-bond acceptors (Lipinski definition) is 7. The van der Waals surface area contributed by atoms with Gasteiger partial charge in [-0.05, 0) is 57.1 Å². The molecule has 36 heavy (non-hydrogen) atoms. The van der Waals surface area contributed by atoms with E-state index in [1.165, 1.54) is 12.1 Å². The monoisotopic (exact) mass is 535 g/mol. The van der Waals surface area contributed by atoms with Crippen LogP contribution in [0.3, 0.4) is 0 Å². The molecular formula is C24H28Cl2FN7O2. The van der Waals surface area contributed by atoms with Crippen molar-refractivity contribution in [2.24, 2.45) is 11.1 Å². The molecule has 1 aromatic carbocycles. The first-order chi connectivity index (χ1) is 17.1. The van der Waals surface area contributed by atoms with Gasteiger partial charge in [-0.1, -0.05) is 30.1 Å². The maximum atomic E-state index is 13.8. The van der Waals surface area contributed by atoms with E-state index in [0.717, 1.165) is 12.8 Å². The van der Waals surface area contributed by atoms with Crippen molar-refractivity contribution in [1.29, 1.82) is 0 Å². The Hall–Kier alpha value is -2.69. The molecule has 1 amide bonds. The number of halogens is 3. The van der Waals surface area contributed by atoms with E-state index in [0.29, 0.717) is 60.9 Å². The lowest BCUT2D eigenvalue weighted by molar-refractivity contribution is -0.128. The number of rotatable bonds is 6. The van der Waals surface area contributed by atoms with Gasteiger partial charge < -0.3 is 21.5 Å².